The molecule has 0 unspecified atom stereocenters. The van der Waals surface area contributed by atoms with Crippen molar-refractivity contribution < 1.29 is 18.0 Å². The summed E-state index contributed by atoms with van der Waals surface area (Å²) in [5.41, 5.74) is 0.0488. The van der Waals surface area contributed by atoms with Crippen molar-refractivity contribution in [3.8, 4) is 6.07 Å². The predicted octanol–water partition coefficient (Wildman–Crippen LogP) is 1.83. The molecule has 8 heteroatoms. The minimum Gasteiger partial charge on any atom is -0.346 e. The third kappa shape index (κ3) is 5.37. The lowest BCUT2D eigenvalue weighted by Gasteiger charge is -2.20. The van der Waals surface area contributed by atoms with E-state index in [1.165, 1.54) is 12.1 Å². The SMILES string of the molecule is CC(C)CCC(=O)N[C@H]1CCCN(S(=O)(=O)c2ccccc2C#N)CC1=O. The Morgan fingerprint density at radius 1 is 1.37 bits per heavy atom. The van der Waals surface area contributed by atoms with Gasteiger partial charge in [0.05, 0.1) is 23.0 Å². The number of nitrogens with zero attached hydrogens (tertiary/aromatic N) is 2. The molecule has 1 aromatic rings. The van der Waals surface area contributed by atoms with E-state index in [0.29, 0.717) is 25.2 Å². The maximum absolute atomic E-state index is 12.9. The van der Waals surface area contributed by atoms with Crippen molar-refractivity contribution in [2.75, 3.05) is 13.1 Å². The molecule has 7 nitrogen and oxygen atoms in total. The Morgan fingerprint density at radius 3 is 2.74 bits per heavy atom. The molecule has 1 atom stereocenters. The number of benzene rings is 1. The van der Waals surface area contributed by atoms with Gasteiger partial charge in [0.2, 0.25) is 15.9 Å². The van der Waals surface area contributed by atoms with Gasteiger partial charge in [-0.15, -0.1) is 0 Å². The third-order valence-electron chi connectivity index (χ3n) is 4.53. The average molecular weight is 391 g/mol. The third-order valence-corrected chi connectivity index (χ3v) is 6.43. The number of sulfonamides is 1. The first-order valence-corrected chi connectivity index (χ1v) is 10.5. The Kier molecular flexibility index (Phi) is 7.11. The summed E-state index contributed by atoms with van der Waals surface area (Å²) in [5, 5.41) is 11.9. The van der Waals surface area contributed by atoms with Gasteiger partial charge in [-0.1, -0.05) is 26.0 Å². The van der Waals surface area contributed by atoms with Crippen LogP contribution in [-0.4, -0.2) is 43.5 Å². The number of rotatable bonds is 6. The molecule has 2 rings (SSSR count). The molecule has 27 heavy (non-hydrogen) atoms. The monoisotopic (exact) mass is 391 g/mol. The van der Waals surface area contributed by atoms with Crippen LogP contribution in [0.4, 0.5) is 0 Å². The lowest BCUT2D eigenvalue weighted by Crippen LogP contribution is -2.44. The fourth-order valence-corrected chi connectivity index (χ4v) is 4.55. The van der Waals surface area contributed by atoms with Gasteiger partial charge in [-0.25, -0.2) is 8.42 Å². The first-order chi connectivity index (χ1) is 12.8. The summed E-state index contributed by atoms with van der Waals surface area (Å²) in [4.78, 5) is 24.5. The maximum Gasteiger partial charge on any atom is 0.244 e. The second-order valence-electron chi connectivity index (χ2n) is 7.11. The number of amides is 1. The van der Waals surface area contributed by atoms with Crippen molar-refractivity contribution in [3.63, 3.8) is 0 Å². The van der Waals surface area contributed by atoms with Crippen molar-refractivity contribution in [2.24, 2.45) is 5.92 Å². The molecule has 1 saturated heterocycles. The zero-order valence-electron chi connectivity index (χ0n) is 15.6. The van der Waals surface area contributed by atoms with E-state index < -0.39 is 16.1 Å². The molecular formula is C19H25N3O4S. The van der Waals surface area contributed by atoms with Crippen molar-refractivity contribution in [1.82, 2.24) is 9.62 Å². The number of carbonyl (C=O) groups is 2. The van der Waals surface area contributed by atoms with Gasteiger partial charge in [0.1, 0.15) is 6.07 Å². The number of hydrogen-bond acceptors (Lipinski definition) is 5. The van der Waals surface area contributed by atoms with Crippen LogP contribution >= 0.6 is 0 Å². The summed E-state index contributed by atoms with van der Waals surface area (Å²) < 4.78 is 26.9. The Hall–Kier alpha value is -2.24. The highest BCUT2D eigenvalue weighted by Crippen LogP contribution is 2.22. The summed E-state index contributed by atoms with van der Waals surface area (Å²) in [6.45, 7) is 3.90. The molecular weight excluding hydrogens is 366 g/mol. The molecule has 1 aromatic carbocycles. The number of ketones is 1. The zero-order chi connectivity index (χ0) is 20.0. The van der Waals surface area contributed by atoms with E-state index in [9.17, 15) is 23.3 Å². The largest absolute Gasteiger partial charge is 0.346 e. The number of nitriles is 1. The topological polar surface area (TPSA) is 107 Å². The van der Waals surface area contributed by atoms with Crippen LogP contribution in [-0.2, 0) is 19.6 Å². The van der Waals surface area contributed by atoms with Crippen LogP contribution in [0.25, 0.3) is 0 Å². The van der Waals surface area contributed by atoms with E-state index in [2.05, 4.69) is 5.32 Å². The molecule has 0 radical (unpaired) electrons. The predicted molar refractivity (Wildman–Crippen MR) is 100 cm³/mol. The van der Waals surface area contributed by atoms with Crippen molar-refractivity contribution in [2.45, 2.75) is 50.5 Å². The van der Waals surface area contributed by atoms with E-state index in [-0.39, 0.29) is 35.2 Å². The van der Waals surface area contributed by atoms with Crippen molar-refractivity contribution in [1.29, 1.82) is 5.26 Å². The molecule has 0 bridgehead atoms. The standard InChI is InChI=1S/C19H25N3O4S/c1-14(2)9-10-19(24)21-16-7-5-11-22(13-17(16)23)27(25,26)18-8-4-3-6-15(18)12-20/h3-4,6,8,14,16H,5,7,9-11,13H2,1-2H3,(H,21,24)/t16-/m0/s1. The number of Topliss-reactive ketones (excluding diaryl/α,β-unsaturated/α-hetero) is 1. The van der Waals surface area contributed by atoms with Crippen molar-refractivity contribution in [3.05, 3.63) is 29.8 Å². The molecule has 0 saturated carbocycles. The van der Waals surface area contributed by atoms with Crippen LogP contribution < -0.4 is 5.32 Å². The van der Waals surface area contributed by atoms with E-state index in [0.717, 1.165) is 10.7 Å². The van der Waals surface area contributed by atoms with E-state index in [1.807, 2.05) is 19.9 Å². The number of nitrogens with one attached hydrogen (secondary N) is 1. The summed E-state index contributed by atoms with van der Waals surface area (Å²) in [6, 6.07) is 7.15. The smallest absolute Gasteiger partial charge is 0.244 e. The Balaban J connectivity index is 2.11. The van der Waals surface area contributed by atoms with Crippen molar-refractivity contribution >= 4 is 21.7 Å². The fourth-order valence-electron chi connectivity index (χ4n) is 2.96. The highest BCUT2D eigenvalue weighted by Gasteiger charge is 2.33. The molecule has 0 aromatic heterocycles. The van der Waals surface area contributed by atoms with E-state index >= 15 is 0 Å². The number of hydrogen-bond donors (Lipinski definition) is 1. The van der Waals surface area contributed by atoms with Gasteiger partial charge >= 0.3 is 0 Å². The van der Waals surface area contributed by atoms with Crippen LogP contribution in [0.2, 0.25) is 0 Å². The molecule has 1 amide bonds. The lowest BCUT2D eigenvalue weighted by atomic mass is 10.1. The van der Waals surface area contributed by atoms with Gasteiger partial charge in [0, 0.05) is 13.0 Å². The average Bonchev–Trinajstić information content (AvgIpc) is 2.82. The maximum atomic E-state index is 12.9. The summed E-state index contributed by atoms with van der Waals surface area (Å²) in [5.74, 6) is -0.127. The molecule has 1 heterocycles. The van der Waals surface area contributed by atoms with Gasteiger partial charge in [-0.2, -0.15) is 9.57 Å². The molecule has 146 valence electrons. The van der Waals surface area contributed by atoms with Gasteiger partial charge in [-0.3, -0.25) is 9.59 Å². The van der Waals surface area contributed by atoms with Crippen LogP contribution in [0.1, 0.15) is 45.1 Å². The molecule has 0 spiro atoms. The van der Waals surface area contributed by atoms with Gasteiger partial charge in [0.15, 0.2) is 5.78 Å². The second-order valence-corrected chi connectivity index (χ2v) is 9.01. The summed E-state index contributed by atoms with van der Waals surface area (Å²) in [7, 11) is -3.96. The molecule has 1 aliphatic rings. The Bertz CT molecular complexity index is 843. The highest BCUT2D eigenvalue weighted by molar-refractivity contribution is 7.89. The van der Waals surface area contributed by atoms with Gasteiger partial charge in [-0.05, 0) is 37.3 Å². The van der Waals surface area contributed by atoms with E-state index in [1.54, 1.807) is 12.1 Å². The van der Waals surface area contributed by atoms with E-state index in [4.69, 9.17) is 0 Å². The van der Waals surface area contributed by atoms with Gasteiger partial charge < -0.3 is 5.32 Å². The molecule has 1 N–H and O–H groups in total. The first kappa shape index (κ1) is 21.1. The van der Waals surface area contributed by atoms with Crippen LogP contribution in [0, 0.1) is 17.2 Å². The van der Waals surface area contributed by atoms with Gasteiger partial charge in [0.25, 0.3) is 0 Å². The molecule has 0 aliphatic carbocycles. The minimum absolute atomic E-state index is 0.0488. The minimum atomic E-state index is -3.96. The zero-order valence-corrected chi connectivity index (χ0v) is 16.5. The van der Waals surface area contributed by atoms with Crippen LogP contribution in [0.3, 0.4) is 0 Å². The summed E-state index contributed by atoms with van der Waals surface area (Å²) >= 11 is 0. The second kappa shape index (κ2) is 9.11. The quantitative estimate of drug-likeness (QED) is 0.796. The van der Waals surface area contributed by atoms with Crippen LogP contribution in [0.15, 0.2) is 29.2 Å². The van der Waals surface area contributed by atoms with Crippen LogP contribution in [0.5, 0.6) is 0 Å². The fraction of sp³-hybridized carbons (Fsp3) is 0.526. The Morgan fingerprint density at radius 2 is 2.07 bits per heavy atom. The lowest BCUT2D eigenvalue weighted by molar-refractivity contribution is -0.127. The summed E-state index contributed by atoms with van der Waals surface area (Å²) in [6.07, 6.45) is 1.93. The molecule has 1 fully saturated rings. The normalized spacial score (nSPS) is 18.7. The molecule has 1 aliphatic heterocycles. The first-order valence-electron chi connectivity index (χ1n) is 9.07. The Labute approximate surface area is 160 Å². The number of carbonyl (C=O) groups excluding carboxylic acids is 2. The highest BCUT2D eigenvalue weighted by atomic mass is 32.2.